The first-order valence-electron chi connectivity index (χ1n) is 8.46. The van der Waals surface area contributed by atoms with E-state index in [2.05, 4.69) is 43.7 Å². The molecule has 1 aromatic heterocycles. The second-order valence-corrected chi connectivity index (χ2v) is 6.93. The molecule has 1 aliphatic rings. The molecule has 0 aromatic carbocycles. The van der Waals surface area contributed by atoms with Crippen molar-refractivity contribution in [2.45, 2.75) is 59.5 Å². The first kappa shape index (κ1) is 17.5. The van der Waals surface area contributed by atoms with E-state index in [1.807, 2.05) is 25.1 Å². The molecule has 1 atom stereocenters. The van der Waals surface area contributed by atoms with Crippen molar-refractivity contribution in [1.29, 1.82) is 0 Å². The molecule has 1 aliphatic carbocycles. The van der Waals surface area contributed by atoms with Gasteiger partial charge in [0.05, 0.1) is 6.10 Å². The number of aromatic nitrogens is 1. The number of allylic oxidation sites excluding steroid dienone is 4. The molecule has 0 amide bonds. The van der Waals surface area contributed by atoms with Crippen molar-refractivity contribution in [3.05, 3.63) is 52.9 Å². The average Bonchev–Trinajstić information content (AvgIpc) is 2.53. The highest BCUT2D eigenvalue weighted by atomic mass is 16.3. The molecule has 0 saturated heterocycles. The van der Waals surface area contributed by atoms with E-state index in [1.165, 1.54) is 30.4 Å². The van der Waals surface area contributed by atoms with Crippen LogP contribution in [0.3, 0.4) is 0 Å². The lowest BCUT2D eigenvalue weighted by atomic mass is 9.73. The minimum absolute atomic E-state index is 0.247. The minimum atomic E-state index is -0.437. The summed E-state index contributed by atoms with van der Waals surface area (Å²) in [5, 5.41) is 9.76. The van der Waals surface area contributed by atoms with E-state index in [0.29, 0.717) is 6.42 Å². The predicted molar refractivity (Wildman–Crippen MR) is 95.8 cm³/mol. The van der Waals surface area contributed by atoms with Gasteiger partial charge in [0.2, 0.25) is 0 Å². The van der Waals surface area contributed by atoms with E-state index >= 15 is 0 Å². The molecular weight excluding hydrogens is 282 g/mol. The maximum Gasteiger partial charge on any atom is 0.113 e. The Morgan fingerprint density at radius 3 is 2.78 bits per heavy atom. The minimum Gasteiger partial charge on any atom is -0.388 e. The van der Waals surface area contributed by atoms with E-state index in [0.717, 1.165) is 11.3 Å². The Morgan fingerprint density at radius 1 is 1.39 bits per heavy atom. The number of pyridine rings is 1. The van der Waals surface area contributed by atoms with E-state index in [-0.39, 0.29) is 5.41 Å². The summed E-state index contributed by atoms with van der Waals surface area (Å²) < 4.78 is 0. The maximum absolute atomic E-state index is 9.76. The van der Waals surface area contributed by atoms with E-state index in [4.69, 9.17) is 0 Å². The molecule has 0 spiro atoms. The molecule has 23 heavy (non-hydrogen) atoms. The third-order valence-corrected chi connectivity index (χ3v) is 4.63. The highest BCUT2D eigenvalue weighted by Crippen LogP contribution is 2.40. The Balaban J connectivity index is 2.08. The van der Waals surface area contributed by atoms with Gasteiger partial charge in [-0.2, -0.15) is 0 Å². The van der Waals surface area contributed by atoms with Crippen molar-refractivity contribution in [3.8, 4) is 11.8 Å². The Bertz CT molecular complexity index is 653. The quantitative estimate of drug-likeness (QED) is 0.801. The largest absolute Gasteiger partial charge is 0.388 e. The van der Waals surface area contributed by atoms with Crippen LogP contribution < -0.4 is 0 Å². The van der Waals surface area contributed by atoms with Crippen molar-refractivity contribution in [3.63, 3.8) is 0 Å². The zero-order valence-corrected chi connectivity index (χ0v) is 14.7. The molecule has 122 valence electrons. The van der Waals surface area contributed by atoms with Gasteiger partial charge in [-0.05, 0) is 67.2 Å². The van der Waals surface area contributed by atoms with Crippen LogP contribution in [0.25, 0.3) is 0 Å². The van der Waals surface area contributed by atoms with Crippen molar-refractivity contribution < 1.29 is 5.11 Å². The summed E-state index contributed by atoms with van der Waals surface area (Å²) in [4.78, 5) is 4.30. The van der Waals surface area contributed by atoms with Crippen LogP contribution >= 0.6 is 0 Å². The van der Waals surface area contributed by atoms with Gasteiger partial charge in [0.25, 0.3) is 0 Å². The fourth-order valence-corrected chi connectivity index (χ4v) is 3.16. The zero-order chi connectivity index (χ0) is 16.9. The molecule has 1 heterocycles. The lowest BCUT2D eigenvalue weighted by Crippen LogP contribution is -2.18. The summed E-state index contributed by atoms with van der Waals surface area (Å²) in [7, 11) is 0. The second-order valence-electron chi connectivity index (χ2n) is 6.93. The van der Waals surface area contributed by atoms with Crippen LogP contribution in [0.4, 0.5) is 0 Å². The van der Waals surface area contributed by atoms with Gasteiger partial charge < -0.3 is 5.11 Å². The standard InChI is InChI=1S/C21H27NO/c1-5-20(23)17-12-13-18(22-15-17)10-6-7-11-19-16(2)9-8-14-21(19,3)4/h7,11-13,15,20,23H,5,8-9,14H2,1-4H3/b11-7+. The van der Waals surface area contributed by atoms with Gasteiger partial charge in [-0.15, -0.1) is 0 Å². The summed E-state index contributed by atoms with van der Waals surface area (Å²) in [6, 6.07) is 3.76. The fraction of sp³-hybridized carbons (Fsp3) is 0.476. The highest BCUT2D eigenvalue weighted by Gasteiger charge is 2.26. The van der Waals surface area contributed by atoms with Crippen LogP contribution in [0.1, 0.15) is 70.7 Å². The van der Waals surface area contributed by atoms with Crippen LogP contribution in [0.5, 0.6) is 0 Å². The van der Waals surface area contributed by atoms with Gasteiger partial charge in [-0.1, -0.05) is 44.4 Å². The number of aliphatic hydroxyl groups excluding tert-OH is 1. The summed E-state index contributed by atoms with van der Waals surface area (Å²) in [6.07, 6.45) is 9.77. The van der Waals surface area contributed by atoms with Gasteiger partial charge in [-0.3, -0.25) is 0 Å². The highest BCUT2D eigenvalue weighted by molar-refractivity contribution is 5.38. The number of hydrogen-bond donors (Lipinski definition) is 1. The predicted octanol–water partition coefficient (Wildman–Crippen LogP) is 4.96. The third-order valence-electron chi connectivity index (χ3n) is 4.63. The van der Waals surface area contributed by atoms with Crippen LogP contribution in [-0.4, -0.2) is 10.1 Å². The molecule has 1 N–H and O–H groups in total. The van der Waals surface area contributed by atoms with E-state index < -0.39 is 6.10 Å². The summed E-state index contributed by atoms with van der Waals surface area (Å²) in [5.41, 5.74) is 4.73. The number of rotatable bonds is 3. The number of nitrogens with zero attached hydrogens (tertiary/aromatic N) is 1. The number of aliphatic hydroxyl groups is 1. The van der Waals surface area contributed by atoms with Gasteiger partial charge in [0.1, 0.15) is 5.69 Å². The molecule has 0 radical (unpaired) electrons. The molecule has 0 bridgehead atoms. The van der Waals surface area contributed by atoms with Gasteiger partial charge in [-0.25, -0.2) is 4.98 Å². The van der Waals surface area contributed by atoms with Gasteiger partial charge in [0.15, 0.2) is 0 Å². The lowest BCUT2D eigenvalue weighted by molar-refractivity contribution is 0.173. The van der Waals surface area contributed by atoms with E-state index in [1.54, 1.807) is 6.20 Å². The van der Waals surface area contributed by atoms with Crippen LogP contribution in [0, 0.1) is 17.3 Å². The second kappa shape index (κ2) is 7.62. The average molecular weight is 309 g/mol. The Kier molecular flexibility index (Phi) is 5.80. The van der Waals surface area contributed by atoms with Gasteiger partial charge in [0, 0.05) is 6.20 Å². The van der Waals surface area contributed by atoms with Crippen LogP contribution in [-0.2, 0) is 0 Å². The molecule has 0 fully saturated rings. The van der Waals surface area contributed by atoms with Crippen molar-refractivity contribution >= 4 is 0 Å². The van der Waals surface area contributed by atoms with Crippen LogP contribution in [0.15, 0.2) is 41.6 Å². The summed E-state index contributed by atoms with van der Waals surface area (Å²) in [6.45, 7) is 8.80. The van der Waals surface area contributed by atoms with Crippen molar-refractivity contribution in [2.24, 2.45) is 5.41 Å². The smallest absolute Gasteiger partial charge is 0.113 e. The Morgan fingerprint density at radius 2 is 2.17 bits per heavy atom. The van der Waals surface area contributed by atoms with Gasteiger partial charge >= 0.3 is 0 Å². The lowest BCUT2D eigenvalue weighted by Gasteiger charge is -2.32. The Hall–Kier alpha value is -1.85. The molecule has 2 nitrogen and oxygen atoms in total. The van der Waals surface area contributed by atoms with E-state index in [9.17, 15) is 5.11 Å². The molecule has 0 aliphatic heterocycles. The SMILES string of the molecule is CCC(O)c1ccc(C#C/C=C/C2=C(C)CCCC2(C)C)nc1. The van der Waals surface area contributed by atoms with Crippen molar-refractivity contribution in [1.82, 2.24) is 4.98 Å². The van der Waals surface area contributed by atoms with Crippen LogP contribution in [0.2, 0.25) is 0 Å². The Labute approximate surface area is 140 Å². The molecule has 0 saturated carbocycles. The fourth-order valence-electron chi connectivity index (χ4n) is 3.16. The zero-order valence-electron chi connectivity index (χ0n) is 14.7. The van der Waals surface area contributed by atoms with Crippen molar-refractivity contribution in [2.75, 3.05) is 0 Å². The first-order valence-corrected chi connectivity index (χ1v) is 8.46. The molecular formula is C21H27NO. The third kappa shape index (κ3) is 4.56. The maximum atomic E-state index is 9.76. The monoisotopic (exact) mass is 309 g/mol. The number of hydrogen-bond acceptors (Lipinski definition) is 2. The molecule has 2 heteroatoms. The molecule has 2 rings (SSSR count). The summed E-state index contributed by atoms with van der Waals surface area (Å²) in [5.74, 6) is 6.14. The summed E-state index contributed by atoms with van der Waals surface area (Å²) >= 11 is 0. The molecule has 1 unspecified atom stereocenters. The normalized spacial score (nSPS) is 18.7. The first-order chi connectivity index (χ1) is 10.9. The molecule has 1 aromatic rings. The topological polar surface area (TPSA) is 33.1 Å².